The predicted octanol–water partition coefficient (Wildman–Crippen LogP) is -0.175. The quantitative estimate of drug-likeness (QED) is 0.662. The molecule has 2 rings (SSSR count). The minimum absolute atomic E-state index is 0.0689. The molecule has 2 heterocycles. The lowest BCUT2D eigenvalue weighted by atomic mass is 10.3. The molecule has 0 saturated carbocycles. The molecule has 98 valence electrons. The second-order valence-electron chi connectivity index (χ2n) is 3.78. The Hall–Kier alpha value is -2.70. The lowest BCUT2D eigenvalue weighted by Crippen LogP contribution is -2.24. The summed E-state index contributed by atoms with van der Waals surface area (Å²) in [7, 11) is 0. The van der Waals surface area contributed by atoms with Crippen molar-refractivity contribution in [1.82, 2.24) is 15.0 Å². The summed E-state index contributed by atoms with van der Waals surface area (Å²) in [6.45, 7) is 0.426. The van der Waals surface area contributed by atoms with Crippen LogP contribution in [-0.2, 0) is 6.42 Å². The highest BCUT2D eigenvalue weighted by atomic mass is 16.3. The van der Waals surface area contributed by atoms with Crippen molar-refractivity contribution in [3.63, 3.8) is 0 Å². The van der Waals surface area contributed by atoms with Crippen LogP contribution in [0.1, 0.15) is 11.3 Å². The predicted molar refractivity (Wildman–Crippen MR) is 69.8 cm³/mol. The van der Waals surface area contributed by atoms with Crippen LogP contribution in [0.3, 0.4) is 0 Å². The SMILES string of the molecule is O=c1[nH]c(O)c(C=NCCc2ccccn2)c(=O)[nH]1. The smallest absolute Gasteiger partial charge is 0.328 e. The second-order valence-corrected chi connectivity index (χ2v) is 3.78. The van der Waals surface area contributed by atoms with Crippen LogP contribution in [0.25, 0.3) is 0 Å². The van der Waals surface area contributed by atoms with Crippen LogP contribution >= 0.6 is 0 Å². The number of aromatic hydroxyl groups is 1. The number of nitrogens with zero attached hydrogens (tertiary/aromatic N) is 2. The number of H-pyrrole nitrogens is 2. The van der Waals surface area contributed by atoms with E-state index >= 15 is 0 Å². The molecular weight excluding hydrogens is 248 g/mol. The van der Waals surface area contributed by atoms with Gasteiger partial charge in [-0.2, -0.15) is 0 Å². The van der Waals surface area contributed by atoms with Crippen LogP contribution in [0.5, 0.6) is 5.88 Å². The first-order valence-corrected chi connectivity index (χ1v) is 5.62. The maximum absolute atomic E-state index is 11.4. The fourth-order valence-corrected chi connectivity index (χ4v) is 1.48. The zero-order chi connectivity index (χ0) is 13.7. The first kappa shape index (κ1) is 12.7. The Kier molecular flexibility index (Phi) is 3.87. The molecular formula is C12H12N4O3. The summed E-state index contributed by atoms with van der Waals surface area (Å²) in [5.74, 6) is -0.490. The van der Waals surface area contributed by atoms with Crippen molar-refractivity contribution >= 4 is 6.21 Å². The third kappa shape index (κ3) is 3.38. The molecule has 0 aliphatic heterocycles. The van der Waals surface area contributed by atoms with E-state index in [9.17, 15) is 14.7 Å². The number of nitrogens with one attached hydrogen (secondary N) is 2. The molecule has 3 N–H and O–H groups in total. The number of aromatic nitrogens is 3. The summed E-state index contributed by atoms with van der Waals surface area (Å²) in [5.41, 5.74) is -0.615. The van der Waals surface area contributed by atoms with Crippen molar-refractivity contribution in [2.75, 3.05) is 6.54 Å². The number of pyridine rings is 1. The molecule has 0 atom stereocenters. The third-order valence-electron chi connectivity index (χ3n) is 2.40. The summed E-state index contributed by atoms with van der Waals surface area (Å²) >= 11 is 0. The van der Waals surface area contributed by atoms with Gasteiger partial charge in [-0.1, -0.05) is 6.07 Å². The van der Waals surface area contributed by atoms with Gasteiger partial charge < -0.3 is 5.11 Å². The Morgan fingerprint density at radius 2 is 2.16 bits per heavy atom. The minimum Gasteiger partial charge on any atom is -0.494 e. The highest BCUT2D eigenvalue weighted by Gasteiger charge is 2.04. The zero-order valence-electron chi connectivity index (χ0n) is 9.96. The molecule has 2 aromatic heterocycles. The van der Waals surface area contributed by atoms with Crippen molar-refractivity contribution in [1.29, 1.82) is 0 Å². The normalized spacial score (nSPS) is 10.9. The van der Waals surface area contributed by atoms with Gasteiger partial charge in [0.2, 0.25) is 5.88 Å². The number of hydrogen-bond donors (Lipinski definition) is 3. The molecule has 0 saturated heterocycles. The molecule has 0 radical (unpaired) electrons. The molecule has 0 bridgehead atoms. The van der Waals surface area contributed by atoms with Crippen LogP contribution in [0.2, 0.25) is 0 Å². The Labute approximate surface area is 107 Å². The van der Waals surface area contributed by atoms with Crippen molar-refractivity contribution in [2.24, 2.45) is 4.99 Å². The number of aromatic amines is 2. The van der Waals surface area contributed by atoms with E-state index in [0.29, 0.717) is 13.0 Å². The highest BCUT2D eigenvalue weighted by molar-refractivity contribution is 5.81. The molecule has 2 aromatic rings. The fraction of sp³-hybridized carbons (Fsp3) is 0.167. The molecule has 0 aromatic carbocycles. The molecule has 0 aliphatic carbocycles. The lowest BCUT2D eigenvalue weighted by Gasteiger charge is -1.97. The average molecular weight is 260 g/mol. The molecule has 0 aliphatic rings. The van der Waals surface area contributed by atoms with Crippen LogP contribution in [0, 0.1) is 0 Å². The maximum Gasteiger partial charge on any atom is 0.328 e. The van der Waals surface area contributed by atoms with Gasteiger partial charge in [-0.05, 0) is 12.1 Å². The molecule has 7 heteroatoms. The van der Waals surface area contributed by atoms with Gasteiger partial charge in [-0.15, -0.1) is 0 Å². The van der Waals surface area contributed by atoms with Crippen LogP contribution in [0.4, 0.5) is 0 Å². The highest BCUT2D eigenvalue weighted by Crippen LogP contribution is 2.01. The van der Waals surface area contributed by atoms with Gasteiger partial charge in [0, 0.05) is 31.1 Å². The molecule has 0 spiro atoms. The number of hydrogen-bond acceptors (Lipinski definition) is 5. The van der Waals surface area contributed by atoms with Crippen LogP contribution in [-0.4, -0.2) is 32.8 Å². The summed E-state index contributed by atoms with van der Waals surface area (Å²) in [4.78, 5) is 34.5. The Balaban J connectivity index is 2.04. The van der Waals surface area contributed by atoms with E-state index in [2.05, 4.69) is 15.0 Å². The number of rotatable bonds is 4. The molecule has 7 nitrogen and oxygen atoms in total. The van der Waals surface area contributed by atoms with Crippen molar-refractivity contribution in [2.45, 2.75) is 6.42 Å². The zero-order valence-corrected chi connectivity index (χ0v) is 9.96. The molecule has 0 amide bonds. The summed E-state index contributed by atoms with van der Waals surface area (Å²) in [6.07, 6.45) is 3.55. The minimum atomic E-state index is -0.756. The van der Waals surface area contributed by atoms with Crippen LogP contribution < -0.4 is 11.2 Å². The maximum atomic E-state index is 11.4. The van der Waals surface area contributed by atoms with E-state index in [0.717, 1.165) is 5.69 Å². The Bertz CT molecular complexity index is 688. The van der Waals surface area contributed by atoms with Gasteiger partial charge in [0.15, 0.2) is 0 Å². The van der Waals surface area contributed by atoms with E-state index in [1.807, 2.05) is 23.2 Å². The molecule has 19 heavy (non-hydrogen) atoms. The van der Waals surface area contributed by atoms with Crippen molar-refractivity contribution in [3.05, 3.63) is 56.5 Å². The average Bonchev–Trinajstić information content (AvgIpc) is 2.38. The van der Waals surface area contributed by atoms with E-state index in [1.54, 1.807) is 6.20 Å². The lowest BCUT2D eigenvalue weighted by molar-refractivity contribution is 0.447. The van der Waals surface area contributed by atoms with Crippen molar-refractivity contribution < 1.29 is 5.11 Å². The standard InChI is InChI=1S/C12H12N4O3/c17-10-9(11(18)16-12(19)15-10)7-13-6-4-8-3-1-2-5-14-8/h1-3,5,7H,4,6H2,(H3,15,16,17,18,19). The van der Waals surface area contributed by atoms with E-state index < -0.39 is 17.1 Å². The summed E-state index contributed by atoms with van der Waals surface area (Å²) in [5, 5.41) is 9.41. The van der Waals surface area contributed by atoms with Gasteiger partial charge >= 0.3 is 5.69 Å². The van der Waals surface area contributed by atoms with Gasteiger partial charge in [0.25, 0.3) is 5.56 Å². The van der Waals surface area contributed by atoms with E-state index in [-0.39, 0.29) is 5.56 Å². The Morgan fingerprint density at radius 3 is 2.84 bits per heavy atom. The molecule has 0 fully saturated rings. The van der Waals surface area contributed by atoms with Gasteiger partial charge in [0.05, 0.1) is 0 Å². The summed E-state index contributed by atoms with van der Waals surface area (Å²) in [6, 6.07) is 5.58. The third-order valence-corrected chi connectivity index (χ3v) is 2.40. The van der Waals surface area contributed by atoms with Crippen LogP contribution in [0.15, 0.2) is 39.0 Å². The summed E-state index contributed by atoms with van der Waals surface area (Å²) < 4.78 is 0. The van der Waals surface area contributed by atoms with Gasteiger partial charge in [-0.25, -0.2) is 4.79 Å². The van der Waals surface area contributed by atoms with Gasteiger partial charge in [0.1, 0.15) is 5.56 Å². The first-order valence-electron chi connectivity index (χ1n) is 5.62. The fourth-order valence-electron chi connectivity index (χ4n) is 1.48. The first-order chi connectivity index (χ1) is 9.16. The second kappa shape index (κ2) is 5.76. The molecule has 0 unspecified atom stereocenters. The largest absolute Gasteiger partial charge is 0.494 e. The van der Waals surface area contributed by atoms with E-state index in [4.69, 9.17) is 0 Å². The monoisotopic (exact) mass is 260 g/mol. The van der Waals surface area contributed by atoms with E-state index in [1.165, 1.54) is 6.21 Å². The topological polar surface area (TPSA) is 111 Å². The van der Waals surface area contributed by atoms with Gasteiger partial charge in [-0.3, -0.25) is 24.7 Å². The Morgan fingerprint density at radius 1 is 1.32 bits per heavy atom. The number of aliphatic imine (C=N–C) groups is 1. The van der Waals surface area contributed by atoms with Crippen molar-refractivity contribution in [3.8, 4) is 5.88 Å².